The zero-order valence-corrected chi connectivity index (χ0v) is 8.29. The van der Waals surface area contributed by atoms with Gasteiger partial charge in [-0.15, -0.1) is 4.73 Å². The molecule has 0 saturated heterocycles. The summed E-state index contributed by atoms with van der Waals surface area (Å²) >= 11 is 0. The van der Waals surface area contributed by atoms with E-state index in [2.05, 4.69) is 4.84 Å². The van der Waals surface area contributed by atoms with E-state index in [-0.39, 0.29) is 19.3 Å². The Hall–Kier alpha value is -2.18. The number of carboxylic acid groups (broad SMARTS) is 1. The minimum Gasteiger partial charge on any atom is -0.492 e. The van der Waals surface area contributed by atoms with E-state index in [4.69, 9.17) is 15.3 Å². The predicted molar refractivity (Wildman–Crippen MR) is 50.8 cm³/mol. The standard InChI is InChI=1S/C9H11NO6/c11-6-4-5-7(12)10(6)16-9(15)3-1-2-8(13)14/h4-5,11-12H,1-3H2,(H,13,14). The summed E-state index contributed by atoms with van der Waals surface area (Å²) in [4.78, 5) is 25.9. The summed E-state index contributed by atoms with van der Waals surface area (Å²) in [5.74, 6) is -2.56. The summed E-state index contributed by atoms with van der Waals surface area (Å²) in [6.45, 7) is 0. The Morgan fingerprint density at radius 2 is 1.75 bits per heavy atom. The van der Waals surface area contributed by atoms with Crippen LogP contribution in [-0.2, 0) is 9.59 Å². The molecule has 7 heteroatoms. The number of hydrogen-bond donors (Lipinski definition) is 3. The Balaban J connectivity index is 2.43. The first kappa shape index (κ1) is 11.9. The molecule has 3 N–H and O–H groups in total. The molecule has 0 bridgehead atoms. The zero-order chi connectivity index (χ0) is 12.1. The smallest absolute Gasteiger partial charge is 0.333 e. The van der Waals surface area contributed by atoms with Gasteiger partial charge in [0.15, 0.2) is 0 Å². The minimum absolute atomic E-state index is 0.108. The van der Waals surface area contributed by atoms with E-state index in [1.807, 2.05) is 0 Å². The van der Waals surface area contributed by atoms with Gasteiger partial charge in [0.25, 0.3) is 0 Å². The minimum atomic E-state index is -1.00. The van der Waals surface area contributed by atoms with E-state index < -0.39 is 23.7 Å². The maximum Gasteiger partial charge on any atom is 0.333 e. The Kier molecular flexibility index (Phi) is 3.76. The van der Waals surface area contributed by atoms with Crippen molar-refractivity contribution in [2.45, 2.75) is 19.3 Å². The Morgan fingerprint density at radius 1 is 1.19 bits per heavy atom. The highest BCUT2D eigenvalue weighted by atomic mass is 16.7. The van der Waals surface area contributed by atoms with Crippen LogP contribution in [0.25, 0.3) is 0 Å². The number of aliphatic carboxylic acids is 1. The predicted octanol–water partition coefficient (Wildman–Crippen LogP) is 0.109. The number of aromatic hydroxyl groups is 2. The van der Waals surface area contributed by atoms with Crippen LogP contribution in [0.5, 0.6) is 11.8 Å². The number of carboxylic acids is 1. The number of carbonyl (C=O) groups is 2. The Morgan fingerprint density at radius 3 is 2.25 bits per heavy atom. The molecule has 0 fully saturated rings. The van der Waals surface area contributed by atoms with Gasteiger partial charge in [-0.1, -0.05) is 0 Å². The highest BCUT2D eigenvalue weighted by Gasteiger charge is 2.12. The molecule has 1 aromatic heterocycles. The third-order valence-electron chi connectivity index (χ3n) is 1.76. The fourth-order valence-electron chi connectivity index (χ4n) is 1.03. The van der Waals surface area contributed by atoms with Crippen LogP contribution in [0.2, 0.25) is 0 Å². The van der Waals surface area contributed by atoms with E-state index in [1.54, 1.807) is 0 Å². The lowest BCUT2D eigenvalue weighted by Gasteiger charge is -2.05. The average Bonchev–Trinajstić information content (AvgIpc) is 2.49. The molecule has 0 radical (unpaired) electrons. The van der Waals surface area contributed by atoms with Gasteiger partial charge in [-0.2, -0.15) is 0 Å². The molecule has 0 aliphatic heterocycles. The lowest BCUT2D eigenvalue weighted by atomic mass is 10.2. The molecule has 0 spiro atoms. The number of nitrogens with zero attached hydrogens (tertiary/aromatic N) is 1. The topological polar surface area (TPSA) is 109 Å². The van der Waals surface area contributed by atoms with Crippen LogP contribution in [0.15, 0.2) is 12.1 Å². The largest absolute Gasteiger partial charge is 0.492 e. The van der Waals surface area contributed by atoms with Crippen molar-refractivity contribution in [2.75, 3.05) is 0 Å². The van der Waals surface area contributed by atoms with Crippen molar-refractivity contribution in [1.29, 1.82) is 0 Å². The highest BCUT2D eigenvalue weighted by molar-refractivity contribution is 5.71. The summed E-state index contributed by atoms with van der Waals surface area (Å²) in [6, 6.07) is 2.31. The van der Waals surface area contributed by atoms with Crippen LogP contribution in [0.4, 0.5) is 0 Å². The Labute approximate surface area is 90.4 Å². The second kappa shape index (κ2) is 5.06. The van der Waals surface area contributed by atoms with Crippen LogP contribution in [0, 0.1) is 0 Å². The maximum atomic E-state index is 11.1. The second-order valence-corrected chi connectivity index (χ2v) is 3.05. The zero-order valence-electron chi connectivity index (χ0n) is 8.29. The molecular weight excluding hydrogens is 218 g/mol. The first-order valence-corrected chi connectivity index (χ1v) is 4.53. The SMILES string of the molecule is O=C(O)CCCC(=O)On1c(O)ccc1O. The fourth-order valence-corrected chi connectivity index (χ4v) is 1.03. The van der Waals surface area contributed by atoms with E-state index in [0.717, 1.165) is 12.1 Å². The molecule has 0 unspecified atom stereocenters. The van der Waals surface area contributed by atoms with Crippen LogP contribution in [-0.4, -0.2) is 32.0 Å². The molecule has 0 aliphatic rings. The molecule has 7 nitrogen and oxygen atoms in total. The fraction of sp³-hybridized carbons (Fsp3) is 0.333. The average molecular weight is 229 g/mol. The van der Waals surface area contributed by atoms with Gasteiger partial charge in [0.05, 0.1) is 0 Å². The van der Waals surface area contributed by atoms with Gasteiger partial charge in [-0.05, 0) is 6.42 Å². The van der Waals surface area contributed by atoms with Gasteiger partial charge in [-0.25, -0.2) is 4.79 Å². The molecular formula is C9H11NO6. The van der Waals surface area contributed by atoms with Crippen LogP contribution >= 0.6 is 0 Å². The van der Waals surface area contributed by atoms with Gasteiger partial charge in [0, 0.05) is 25.0 Å². The first-order chi connectivity index (χ1) is 7.50. The van der Waals surface area contributed by atoms with Crippen molar-refractivity contribution in [3.05, 3.63) is 12.1 Å². The molecule has 1 rings (SSSR count). The molecule has 88 valence electrons. The number of aromatic nitrogens is 1. The monoisotopic (exact) mass is 229 g/mol. The van der Waals surface area contributed by atoms with E-state index >= 15 is 0 Å². The number of carbonyl (C=O) groups excluding carboxylic acids is 1. The molecule has 1 heterocycles. The molecule has 0 aliphatic carbocycles. The van der Waals surface area contributed by atoms with Gasteiger partial charge in [-0.3, -0.25) is 4.79 Å². The van der Waals surface area contributed by atoms with Gasteiger partial charge < -0.3 is 20.2 Å². The lowest BCUT2D eigenvalue weighted by Crippen LogP contribution is -2.18. The molecule has 0 atom stereocenters. The van der Waals surface area contributed by atoms with E-state index in [9.17, 15) is 9.59 Å². The summed E-state index contributed by atoms with van der Waals surface area (Å²) in [5, 5.41) is 26.6. The number of hydrogen-bond acceptors (Lipinski definition) is 5. The van der Waals surface area contributed by atoms with Crippen molar-refractivity contribution >= 4 is 11.9 Å². The van der Waals surface area contributed by atoms with Gasteiger partial charge in [0.1, 0.15) is 0 Å². The quantitative estimate of drug-likeness (QED) is 0.661. The van der Waals surface area contributed by atoms with Crippen LogP contribution in [0.1, 0.15) is 19.3 Å². The molecule has 0 amide bonds. The van der Waals surface area contributed by atoms with Crippen LogP contribution in [0.3, 0.4) is 0 Å². The summed E-state index contributed by atoms with van der Waals surface area (Å²) in [6.07, 6.45) is -0.112. The van der Waals surface area contributed by atoms with Crippen LogP contribution < -0.4 is 4.84 Å². The normalized spacial score (nSPS) is 10.0. The summed E-state index contributed by atoms with van der Waals surface area (Å²) in [7, 11) is 0. The van der Waals surface area contributed by atoms with Crippen molar-refractivity contribution in [3.63, 3.8) is 0 Å². The van der Waals surface area contributed by atoms with Gasteiger partial charge in [0.2, 0.25) is 11.8 Å². The third kappa shape index (κ3) is 3.19. The molecule has 0 aromatic carbocycles. The van der Waals surface area contributed by atoms with E-state index in [1.165, 1.54) is 0 Å². The van der Waals surface area contributed by atoms with Crippen molar-refractivity contribution in [3.8, 4) is 11.8 Å². The molecule has 0 saturated carbocycles. The maximum absolute atomic E-state index is 11.1. The highest BCUT2D eigenvalue weighted by Crippen LogP contribution is 2.18. The summed E-state index contributed by atoms with van der Waals surface area (Å²) in [5.41, 5.74) is 0. The van der Waals surface area contributed by atoms with Crippen molar-refractivity contribution < 1.29 is 29.7 Å². The molecule has 1 aromatic rings. The first-order valence-electron chi connectivity index (χ1n) is 4.53. The lowest BCUT2D eigenvalue weighted by molar-refractivity contribution is -0.145. The van der Waals surface area contributed by atoms with Crippen molar-refractivity contribution in [1.82, 2.24) is 4.73 Å². The molecule has 16 heavy (non-hydrogen) atoms. The summed E-state index contributed by atoms with van der Waals surface area (Å²) < 4.78 is 0.559. The van der Waals surface area contributed by atoms with Gasteiger partial charge >= 0.3 is 11.9 Å². The third-order valence-corrected chi connectivity index (χ3v) is 1.76. The number of rotatable bonds is 5. The Bertz CT molecular complexity index is 377. The second-order valence-electron chi connectivity index (χ2n) is 3.05. The van der Waals surface area contributed by atoms with E-state index in [0.29, 0.717) is 4.73 Å². The van der Waals surface area contributed by atoms with Crippen molar-refractivity contribution in [2.24, 2.45) is 0 Å².